The lowest BCUT2D eigenvalue weighted by Gasteiger charge is -2.18. The number of allylic oxidation sites excluding steroid dienone is 2. The van der Waals surface area contributed by atoms with Crippen molar-refractivity contribution in [1.29, 1.82) is 0 Å². The maximum absolute atomic E-state index is 10.1. The lowest BCUT2D eigenvalue weighted by molar-refractivity contribution is -0.759. The minimum absolute atomic E-state index is 0.0147. The zero-order chi connectivity index (χ0) is 14.2. The van der Waals surface area contributed by atoms with E-state index in [1.807, 2.05) is 32.9 Å². The van der Waals surface area contributed by atoms with Gasteiger partial charge in [-0.25, -0.2) is 0 Å². The summed E-state index contributed by atoms with van der Waals surface area (Å²) in [5, 5.41) is 9.36. The summed E-state index contributed by atoms with van der Waals surface area (Å²) in [6, 6.07) is 0. The summed E-state index contributed by atoms with van der Waals surface area (Å²) in [6.45, 7) is 9.97. The van der Waals surface area contributed by atoms with Crippen LogP contribution in [0.3, 0.4) is 0 Å². The van der Waals surface area contributed by atoms with Crippen molar-refractivity contribution in [1.82, 2.24) is 0 Å². The molecule has 0 N–H and O–H groups in total. The summed E-state index contributed by atoms with van der Waals surface area (Å²) in [7, 11) is 0. The van der Waals surface area contributed by atoms with Crippen molar-refractivity contribution in [3.05, 3.63) is 34.0 Å². The first-order valence-electron chi connectivity index (χ1n) is 6.14. The van der Waals surface area contributed by atoms with Crippen LogP contribution in [0.15, 0.2) is 28.9 Å². The van der Waals surface area contributed by atoms with Crippen LogP contribution in [0.25, 0.3) is 0 Å². The standard InChI is InChI=1S/C11H16N2O3.C2H6/c1-9(2)10-4-5-11(3,7-12-6-10)8-16-13(14)15;1-2/h4-7,9H,8H2,1-3H3;1-2H3. The SMILES string of the molecule is CC.CC(C)C1=CN=CC(C)(CO[N+](=O)[O-])C=C1. The van der Waals surface area contributed by atoms with Crippen molar-refractivity contribution in [2.24, 2.45) is 16.3 Å². The van der Waals surface area contributed by atoms with E-state index in [1.165, 1.54) is 0 Å². The molecular formula is C13H22N2O3. The van der Waals surface area contributed by atoms with Crippen LogP contribution in [-0.4, -0.2) is 17.9 Å². The highest BCUT2D eigenvalue weighted by atomic mass is 16.9. The molecule has 0 spiro atoms. The van der Waals surface area contributed by atoms with Gasteiger partial charge in [-0.3, -0.25) is 4.99 Å². The van der Waals surface area contributed by atoms with Gasteiger partial charge >= 0.3 is 0 Å². The predicted octanol–water partition coefficient (Wildman–Crippen LogP) is 3.41. The fraction of sp³-hybridized carbons (Fsp3) is 0.615. The smallest absolute Gasteiger partial charge is 0.294 e. The molecule has 0 bridgehead atoms. The molecule has 1 atom stereocenters. The molecule has 0 aliphatic carbocycles. The Morgan fingerprint density at radius 2 is 2.11 bits per heavy atom. The minimum atomic E-state index is -0.783. The minimum Gasteiger partial charge on any atom is -0.313 e. The zero-order valence-corrected chi connectivity index (χ0v) is 11.7. The van der Waals surface area contributed by atoms with E-state index in [4.69, 9.17) is 0 Å². The van der Waals surface area contributed by atoms with Crippen LogP contribution in [0.1, 0.15) is 34.6 Å². The summed E-state index contributed by atoms with van der Waals surface area (Å²) in [5.41, 5.74) is 0.571. The number of hydrogen-bond donors (Lipinski definition) is 0. The van der Waals surface area contributed by atoms with Gasteiger partial charge in [-0.2, -0.15) is 0 Å². The quantitative estimate of drug-likeness (QED) is 0.570. The summed E-state index contributed by atoms with van der Waals surface area (Å²) < 4.78 is 0. The zero-order valence-electron chi connectivity index (χ0n) is 11.7. The van der Waals surface area contributed by atoms with Crippen molar-refractivity contribution in [3.8, 4) is 0 Å². The van der Waals surface area contributed by atoms with Crippen LogP contribution >= 0.6 is 0 Å². The maximum atomic E-state index is 10.1. The van der Waals surface area contributed by atoms with Gasteiger partial charge in [0, 0.05) is 17.8 Å². The van der Waals surface area contributed by atoms with Gasteiger partial charge in [0.2, 0.25) is 0 Å². The molecule has 0 aromatic carbocycles. The van der Waals surface area contributed by atoms with E-state index >= 15 is 0 Å². The van der Waals surface area contributed by atoms with E-state index in [0.717, 1.165) is 5.57 Å². The van der Waals surface area contributed by atoms with Gasteiger partial charge in [-0.05, 0) is 18.4 Å². The Bertz CT molecular complexity index is 359. The first-order chi connectivity index (χ1) is 8.43. The van der Waals surface area contributed by atoms with Gasteiger partial charge in [0.15, 0.2) is 0 Å². The molecule has 0 saturated carbocycles. The third kappa shape index (κ3) is 5.61. The normalized spacial score (nSPS) is 21.8. The Labute approximate surface area is 108 Å². The number of rotatable bonds is 4. The van der Waals surface area contributed by atoms with Crippen LogP contribution in [0.4, 0.5) is 0 Å². The second kappa shape index (κ2) is 7.63. The monoisotopic (exact) mass is 254 g/mol. The molecule has 0 aromatic heterocycles. The van der Waals surface area contributed by atoms with Gasteiger partial charge in [0.05, 0.1) is 0 Å². The summed E-state index contributed by atoms with van der Waals surface area (Å²) in [4.78, 5) is 18.7. The molecule has 1 rings (SSSR count). The Morgan fingerprint density at radius 3 is 2.61 bits per heavy atom. The van der Waals surface area contributed by atoms with Crippen molar-refractivity contribution in [3.63, 3.8) is 0 Å². The van der Waals surface area contributed by atoms with Crippen molar-refractivity contribution in [2.45, 2.75) is 34.6 Å². The summed E-state index contributed by atoms with van der Waals surface area (Å²) in [6.07, 6.45) is 7.28. The lowest BCUT2D eigenvalue weighted by Crippen LogP contribution is -2.24. The molecule has 102 valence electrons. The maximum Gasteiger partial charge on any atom is 0.294 e. The molecule has 0 amide bonds. The Morgan fingerprint density at radius 1 is 1.50 bits per heavy atom. The Kier molecular flexibility index (Phi) is 6.93. The van der Waals surface area contributed by atoms with E-state index in [1.54, 1.807) is 12.4 Å². The molecule has 1 aliphatic rings. The second-order valence-corrected chi connectivity index (χ2v) is 4.40. The van der Waals surface area contributed by atoms with Crippen LogP contribution in [0, 0.1) is 21.4 Å². The highest BCUT2D eigenvalue weighted by Crippen LogP contribution is 2.22. The molecule has 0 radical (unpaired) electrons. The third-order valence-electron chi connectivity index (χ3n) is 2.40. The third-order valence-corrected chi connectivity index (χ3v) is 2.40. The first kappa shape index (κ1) is 16.4. The van der Waals surface area contributed by atoms with Crippen LogP contribution in [-0.2, 0) is 4.84 Å². The molecule has 1 aliphatic heterocycles. The predicted molar refractivity (Wildman–Crippen MR) is 73.0 cm³/mol. The number of hydrogen-bond acceptors (Lipinski definition) is 4. The second-order valence-electron chi connectivity index (χ2n) is 4.40. The van der Waals surface area contributed by atoms with Gasteiger partial charge in [0.1, 0.15) is 6.61 Å². The number of nitrogens with zero attached hydrogens (tertiary/aromatic N) is 2. The fourth-order valence-electron chi connectivity index (χ4n) is 1.28. The summed E-state index contributed by atoms with van der Waals surface area (Å²) in [5.74, 6) is 0.382. The van der Waals surface area contributed by atoms with Crippen LogP contribution < -0.4 is 0 Å². The van der Waals surface area contributed by atoms with Gasteiger partial charge in [-0.15, -0.1) is 10.1 Å². The van der Waals surface area contributed by atoms with E-state index in [0.29, 0.717) is 5.92 Å². The molecule has 18 heavy (non-hydrogen) atoms. The average Bonchev–Trinajstić information content (AvgIpc) is 2.52. The first-order valence-corrected chi connectivity index (χ1v) is 6.14. The highest BCUT2D eigenvalue weighted by Gasteiger charge is 2.22. The summed E-state index contributed by atoms with van der Waals surface area (Å²) >= 11 is 0. The van der Waals surface area contributed by atoms with Gasteiger partial charge in [-0.1, -0.05) is 39.8 Å². The highest BCUT2D eigenvalue weighted by molar-refractivity contribution is 5.70. The topological polar surface area (TPSA) is 64.7 Å². The van der Waals surface area contributed by atoms with Crippen LogP contribution in [0.2, 0.25) is 0 Å². The molecule has 0 aromatic rings. The molecular weight excluding hydrogens is 232 g/mol. The molecule has 0 saturated heterocycles. The van der Waals surface area contributed by atoms with E-state index in [2.05, 4.69) is 23.7 Å². The Balaban J connectivity index is 0.00000137. The van der Waals surface area contributed by atoms with Crippen molar-refractivity contribution >= 4 is 6.21 Å². The lowest BCUT2D eigenvalue weighted by atomic mass is 9.92. The van der Waals surface area contributed by atoms with Crippen molar-refractivity contribution in [2.75, 3.05) is 6.61 Å². The van der Waals surface area contributed by atoms with Crippen LogP contribution in [0.5, 0.6) is 0 Å². The fourth-order valence-corrected chi connectivity index (χ4v) is 1.28. The van der Waals surface area contributed by atoms with Crippen molar-refractivity contribution < 1.29 is 9.92 Å². The average molecular weight is 254 g/mol. The Hall–Kier alpha value is -1.65. The molecule has 0 fully saturated rings. The van der Waals surface area contributed by atoms with E-state index in [9.17, 15) is 10.1 Å². The molecule has 5 heteroatoms. The molecule has 5 nitrogen and oxygen atoms in total. The number of aliphatic imine (C=N–C) groups is 1. The van der Waals surface area contributed by atoms with E-state index < -0.39 is 10.5 Å². The largest absolute Gasteiger partial charge is 0.313 e. The molecule has 1 unspecified atom stereocenters. The van der Waals surface area contributed by atoms with E-state index in [-0.39, 0.29) is 6.61 Å². The molecule has 1 heterocycles. The van der Waals surface area contributed by atoms with Gasteiger partial charge in [0.25, 0.3) is 5.09 Å². The van der Waals surface area contributed by atoms with Gasteiger partial charge < -0.3 is 4.84 Å².